The number of rotatable bonds is 9. The van der Waals surface area contributed by atoms with Crippen LogP contribution in [0.3, 0.4) is 0 Å². The lowest BCUT2D eigenvalue weighted by atomic mass is 9.43. The second kappa shape index (κ2) is 10.7. The summed E-state index contributed by atoms with van der Waals surface area (Å²) in [6.45, 7) is 19.2. The molecule has 228 valence electrons. The number of aliphatic carboxylic acids is 2. The summed E-state index contributed by atoms with van der Waals surface area (Å²) in [6.07, 6.45) is 7.42. The highest BCUT2D eigenvalue weighted by atomic mass is 16.5. The van der Waals surface area contributed by atoms with Crippen LogP contribution >= 0.6 is 0 Å². The topological polar surface area (TPSA) is 118 Å². The third kappa shape index (κ3) is 4.99. The molecule has 0 amide bonds. The number of carboxylic acid groups (broad SMARTS) is 2. The van der Waals surface area contributed by atoms with Crippen LogP contribution in [-0.2, 0) is 23.9 Å². The molecule has 8 atom stereocenters. The lowest BCUT2D eigenvalue weighted by Crippen LogP contribution is -2.56. The largest absolute Gasteiger partial charge is 0.481 e. The van der Waals surface area contributed by atoms with E-state index in [0.717, 1.165) is 51.4 Å². The number of hydrogen-bond donors (Lipinski definition) is 2. The maximum Gasteiger partial charge on any atom is 0.317 e. The normalized spacial score (nSPS) is 37.2. The molecule has 4 aliphatic rings. The molecule has 4 rings (SSSR count). The molecule has 2 fully saturated rings. The van der Waals surface area contributed by atoms with Gasteiger partial charge in [0, 0.05) is 17.4 Å². The van der Waals surface area contributed by atoms with E-state index in [1.807, 2.05) is 0 Å². The molecule has 0 aromatic heterocycles. The van der Waals surface area contributed by atoms with Crippen molar-refractivity contribution in [1.29, 1.82) is 0 Å². The molecule has 0 heterocycles. The van der Waals surface area contributed by atoms with Crippen LogP contribution in [0.15, 0.2) is 23.3 Å². The van der Waals surface area contributed by atoms with Gasteiger partial charge in [0.1, 0.15) is 12.5 Å². The Labute approximate surface area is 245 Å². The predicted molar refractivity (Wildman–Crippen MR) is 156 cm³/mol. The van der Waals surface area contributed by atoms with Gasteiger partial charge in [0.2, 0.25) is 0 Å². The number of ketones is 1. The lowest BCUT2D eigenvalue weighted by Gasteiger charge is -2.62. The van der Waals surface area contributed by atoms with Gasteiger partial charge in [-0.15, -0.1) is 0 Å². The first-order valence-electron chi connectivity index (χ1n) is 15.5. The molecule has 7 heteroatoms. The maximum atomic E-state index is 13.0. The summed E-state index contributed by atoms with van der Waals surface area (Å²) in [7, 11) is 0. The smallest absolute Gasteiger partial charge is 0.317 e. The minimum absolute atomic E-state index is 0.0154. The van der Waals surface area contributed by atoms with Crippen LogP contribution < -0.4 is 0 Å². The molecule has 41 heavy (non-hydrogen) atoms. The zero-order chi connectivity index (χ0) is 30.7. The zero-order valence-electron chi connectivity index (χ0n) is 26.1. The summed E-state index contributed by atoms with van der Waals surface area (Å²) in [5.74, 6) is -2.94. The predicted octanol–water partition coefficient (Wildman–Crippen LogP) is 6.99. The Bertz CT molecular complexity index is 1180. The van der Waals surface area contributed by atoms with Gasteiger partial charge in [0.25, 0.3) is 0 Å². The van der Waals surface area contributed by atoms with Crippen molar-refractivity contribution in [2.45, 2.75) is 119 Å². The number of fused-ring (bicyclic) bond motifs is 4. The van der Waals surface area contributed by atoms with Gasteiger partial charge in [-0.3, -0.25) is 19.2 Å². The number of carboxylic acids is 2. The molecule has 4 aliphatic carbocycles. The molecule has 7 nitrogen and oxygen atoms in total. The maximum absolute atomic E-state index is 13.0. The number of hydrogen-bond acceptors (Lipinski definition) is 5. The molecular weight excluding hydrogens is 520 g/mol. The van der Waals surface area contributed by atoms with Gasteiger partial charge < -0.3 is 14.9 Å². The first-order valence-corrected chi connectivity index (χ1v) is 15.5. The molecule has 0 bridgehead atoms. The number of allylic oxidation sites excluding steroid dienone is 2. The number of carbonyl (C=O) groups excluding carboxylic acids is 2. The molecule has 0 aromatic carbocycles. The highest BCUT2D eigenvalue weighted by Crippen LogP contribution is 2.72. The number of esters is 1. The monoisotopic (exact) mass is 570 g/mol. The van der Waals surface area contributed by atoms with E-state index >= 15 is 0 Å². The van der Waals surface area contributed by atoms with Crippen LogP contribution in [0.5, 0.6) is 0 Å². The van der Waals surface area contributed by atoms with E-state index in [1.165, 1.54) is 6.92 Å². The fourth-order valence-electron chi connectivity index (χ4n) is 10.1. The van der Waals surface area contributed by atoms with E-state index in [2.05, 4.69) is 48.1 Å². The van der Waals surface area contributed by atoms with E-state index in [9.17, 15) is 24.3 Å². The van der Waals surface area contributed by atoms with Crippen molar-refractivity contribution in [3.05, 3.63) is 23.3 Å². The summed E-state index contributed by atoms with van der Waals surface area (Å²) in [5.41, 5.74) is 3.29. The second-order valence-corrected chi connectivity index (χ2v) is 15.0. The first-order chi connectivity index (χ1) is 18.9. The summed E-state index contributed by atoms with van der Waals surface area (Å²) >= 11 is 0. The molecule has 2 N–H and O–H groups in total. The minimum Gasteiger partial charge on any atom is -0.481 e. The van der Waals surface area contributed by atoms with Gasteiger partial charge in [-0.2, -0.15) is 0 Å². The zero-order valence-corrected chi connectivity index (χ0v) is 26.1. The molecule has 0 unspecified atom stereocenters. The van der Waals surface area contributed by atoms with Crippen LogP contribution in [0.1, 0.15) is 113 Å². The Kier molecular flexibility index (Phi) is 8.20. The Morgan fingerprint density at radius 3 is 2.20 bits per heavy atom. The van der Waals surface area contributed by atoms with Crippen molar-refractivity contribution in [2.75, 3.05) is 0 Å². The number of Topliss-reactive ketones (excluding diaryl/α,β-unsaturated/α-hetero) is 1. The first kappa shape index (κ1) is 31.5. The van der Waals surface area contributed by atoms with Crippen LogP contribution in [0.4, 0.5) is 0 Å². The summed E-state index contributed by atoms with van der Waals surface area (Å²) in [6, 6.07) is 0. The van der Waals surface area contributed by atoms with E-state index in [4.69, 9.17) is 9.84 Å². The van der Waals surface area contributed by atoms with Crippen LogP contribution in [-0.4, -0.2) is 40.0 Å². The van der Waals surface area contributed by atoms with Gasteiger partial charge >= 0.3 is 17.9 Å². The molecule has 0 saturated heterocycles. The van der Waals surface area contributed by atoms with Crippen LogP contribution in [0, 0.1) is 45.3 Å². The van der Waals surface area contributed by atoms with Gasteiger partial charge in [0.15, 0.2) is 5.78 Å². The van der Waals surface area contributed by atoms with Gasteiger partial charge in [-0.25, -0.2) is 0 Å². The highest BCUT2D eigenvalue weighted by molar-refractivity contribution is 5.99. The third-order valence-electron chi connectivity index (χ3n) is 12.8. The van der Waals surface area contributed by atoms with Gasteiger partial charge in [-0.05, 0) is 92.3 Å². The van der Waals surface area contributed by atoms with E-state index < -0.39 is 30.2 Å². The van der Waals surface area contributed by atoms with E-state index in [0.29, 0.717) is 18.3 Å². The lowest BCUT2D eigenvalue weighted by molar-refractivity contribution is -0.172. The Hall–Kier alpha value is -2.44. The van der Waals surface area contributed by atoms with Gasteiger partial charge in [0.05, 0.1) is 5.92 Å². The second-order valence-electron chi connectivity index (χ2n) is 15.0. The quantitative estimate of drug-likeness (QED) is 0.133. The summed E-state index contributed by atoms with van der Waals surface area (Å²) in [4.78, 5) is 47.7. The molecule has 0 radical (unpaired) electrons. The SMILES string of the molecule is C=C(C(=O)C[C@@H](C)[C@H]1CC[C@@]2(C)C3=C(CC[C@]12C)[C@@]1(C)CC[C@@H](OC(=O)CC(=O)O)C(C)(C)[C@@H]1CC3)[C@H](C)C(=O)O. The van der Waals surface area contributed by atoms with Crippen molar-refractivity contribution in [1.82, 2.24) is 0 Å². The average Bonchev–Trinajstić information content (AvgIpc) is 3.15. The summed E-state index contributed by atoms with van der Waals surface area (Å²) in [5, 5.41) is 18.4. The molecular formula is C34H50O7. The molecule has 0 spiro atoms. The van der Waals surface area contributed by atoms with Gasteiger partial charge in [-0.1, -0.05) is 59.3 Å². The molecule has 2 saturated carbocycles. The Morgan fingerprint density at radius 1 is 0.927 bits per heavy atom. The molecule has 0 aromatic rings. The Balaban J connectivity index is 1.57. The van der Waals surface area contributed by atoms with E-state index in [1.54, 1.807) is 11.1 Å². The number of ether oxygens (including phenoxy) is 1. The van der Waals surface area contributed by atoms with Crippen LogP contribution in [0.25, 0.3) is 0 Å². The van der Waals surface area contributed by atoms with Crippen LogP contribution in [0.2, 0.25) is 0 Å². The minimum atomic E-state index is -1.16. The van der Waals surface area contributed by atoms with Crippen molar-refractivity contribution < 1.29 is 34.1 Å². The molecule has 0 aliphatic heterocycles. The van der Waals surface area contributed by atoms with Crippen molar-refractivity contribution >= 4 is 23.7 Å². The van der Waals surface area contributed by atoms with E-state index in [-0.39, 0.29) is 45.0 Å². The standard InChI is InChI=1S/C34H50O7/c1-19(17-25(35)20(2)21(3)30(39)40)22-11-15-34(8)24-9-10-26-31(4,5)27(41-29(38)18-28(36)37)13-14-32(26,6)23(24)12-16-33(22,34)7/h19,21-22,26-27H,2,9-18H2,1,3-8H3,(H,36,37)(H,39,40)/t19-,21+,22-,26+,27-,32-,33-,34+/m1/s1. The fourth-order valence-corrected chi connectivity index (χ4v) is 10.1. The highest BCUT2D eigenvalue weighted by Gasteiger charge is 2.63. The Morgan fingerprint density at radius 2 is 1.59 bits per heavy atom. The third-order valence-corrected chi connectivity index (χ3v) is 12.8. The summed E-state index contributed by atoms with van der Waals surface area (Å²) < 4.78 is 5.77. The number of carbonyl (C=O) groups is 4. The van der Waals surface area contributed by atoms with Crippen molar-refractivity contribution in [3.8, 4) is 0 Å². The average molecular weight is 571 g/mol. The fraction of sp³-hybridized carbons (Fsp3) is 0.765. The van der Waals surface area contributed by atoms with Crippen molar-refractivity contribution in [3.63, 3.8) is 0 Å². The van der Waals surface area contributed by atoms with Crippen molar-refractivity contribution in [2.24, 2.45) is 45.3 Å².